The van der Waals surface area contributed by atoms with Gasteiger partial charge in [-0.2, -0.15) is 0 Å². The minimum Gasteiger partial charge on any atom is -0.490 e. The second-order valence-electron chi connectivity index (χ2n) is 6.23. The summed E-state index contributed by atoms with van der Waals surface area (Å²) >= 11 is 0. The molecule has 22 heavy (non-hydrogen) atoms. The molecule has 6 heteroatoms. The van der Waals surface area contributed by atoms with Crippen molar-refractivity contribution >= 4 is 0 Å². The highest BCUT2D eigenvalue weighted by Crippen LogP contribution is 2.27. The fourth-order valence-electron chi connectivity index (χ4n) is 2.93. The van der Waals surface area contributed by atoms with Gasteiger partial charge in [-0.15, -0.1) is 0 Å². The SMILES string of the molecule is O[C@@]1(COc2cc(F)cc(F)c2)COCCN(C2CCC2)C1. The average Bonchev–Trinajstić information content (AvgIpc) is 2.56. The topological polar surface area (TPSA) is 41.9 Å². The Morgan fingerprint density at radius 2 is 2.00 bits per heavy atom. The normalized spacial score (nSPS) is 27.2. The molecule has 0 unspecified atom stereocenters. The van der Waals surface area contributed by atoms with Crippen molar-refractivity contribution in [2.45, 2.75) is 30.9 Å². The number of rotatable bonds is 4. The summed E-state index contributed by atoms with van der Waals surface area (Å²) in [5.41, 5.74) is -1.17. The van der Waals surface area contributed by atoms with Crippen LogP contribution in [0.15, 0.2) is 18.2 Å². The summed E-state index contributed by atoms with van der Waals surface area (Å²) in [6, 6.07) is 3.50. The van der Waals surface area contributed by atoms with Crippen molar-refractivity contribution in [3.63, 3.8) is 0 Å². The molecule has 1 aromatic carbocycles. The second kappa shape index (κ2) is 6.48. The first-order valence-corrected chi connectivity index (χ1v) is 7.67. The van der Waals surface area contributed by atoms with Crippen LogP contribution in [0.3, 0.4) is 0 Å². The lowest BCUT2D eigenvalue weighted by atomic mass is 9.90. The zero-order chi connectivity index (χ0) is 15.6. The standard InChI is InChI=1S/C16H21F2NO3/c17-12-6-13(18)8-15(7-12)22-11-16(20)9-19(4-5-21-10-16)14-2-1-3-14/h6-8,14,20H,1-5,9-11H2/t16-/m1/s1. The van der Waals surface area contributed by atoms with Crippen LogP contribution in [0.5, 0.6) is 5.75 Å². The Morgan fingerprint density at radius 1 is 1.27 bits per heavy atom. The molecule has 2 fully saturated rings. The van der Waals surface area contributed by atoms with Gasteiger partial charge < -0.3 is 14.6 Å². The molecule has 0 radical (unpaired) electrons. The van der Waals surface area contributed by atoms with Gasteiger partial charge in [0.2, 0.25) is 0 Å². The van der Waals surface area contributed by atoms with Crippen LogP contribution in [0, 0.1) is 11.6 Å². The minimum atomic E-state index is -1.17. The first kappa shape index (κ1) is 15.6. The monoisotopic (exact) mass is 313 g/mol. The van der Waals surface area contributed by atoms with Crippen molar-refractivity contribution in [1.29, 1.82) is 0 Å². The summed E-state index contributed by atoms with van der Waals surface area (Å²) in [6.45, 7) is 1.93. The van der Waals surface area contributed by atoms with E-state index >= 15 is 0 Å². The second-order valence-corrected chi connectivity index (χ2v) is 6.23. The molecule has 1 saturated carbocycles. The molecule has 1 saturated heterocycles. The van der Waals surface area contributed by atoms with Crippen molar-refractivity contribution in [3.8, 4) is 5.75 Å². The maximum atomic E-state index is 13.2. The van der Waals surface area contributed by atoms with E-state index in [9.17, 15) is 13.9 Å². The molecule has 0 aromatic heterocycles. The summed E-state index contributed by atoms with van der Waals surface area (Å²) in [4.78, 5) is 2.23. The number of aliphatic hydroxyl groups is 1. The predicted molar refractivity (Wildman–Crippen MR) is 76.8 cm³/mol. The van der Waals surface area contributed by atoms with E-state index in [4.69, 9.17) is 9.47 Å². The average molecular weight is 313 g/mol. The van der Waals surface area contributed by atoms with Crippen LogP contribution in [0.2, 0.25) is 0 Å². The number of halogens is 2. The molecule has 0 bridgehead atoms. The highest BCUT2D eigenvalue weighted by molar-refractivity contribution is 5.24. The fourth-order valence-corrected chi connectivity index (χ4v) is 2.93. The summed E-state index contributed by atoms with van der Waals surface area (Å²) in [5, 5.41) is 10.7. The molecular formula is C16H21F2NO3. The van der Waals surface area contributed by atoms with E-state index in [1.807, 2.05) is 0 Å². The molecule has 1 heterocycles. The quantitative estimate of drug-likeness (QED) is 0.923. The highest BCUT2D eigenvalue weighted by atomic mass is 19.1. The van der Waals surface area contributed by atoms with Crippen LogP contribution in [0.4, 0.5) is 8.78 Å². The Hall–Kier alpha value is -1.24. The molecule has 0 amide bonds. The van der Waals surface area contributed by atoms with Crippen molar-refractivity contribution < 1.29 is 23.4 Å². The Kier molecular flexibility index (Phi) is 4.61. The van der Waals surface area contributed by atoms with Gasteiger partial charge in [-0.05, 0) is 12.8 Å². The summed E-state index contributed by atoms with van der Waals surface area (Å²) < 4.78 is 37.2. The lowest BCUT2D eigenvalue weighted by molar-refractivity contribution is -0.0699. The van der Waals surface area contributed by atoms with Crippen molar-refractivity contribution in [1.82, 2.24) is 4.90 Å². The zero-order valence-corrected chi connectivity index (χ0v) is 12.4. The van der Waals surface area contributed by atoms with Gasteiger partial charge >= 0.3 is 0 Å². The molecule has 1 atom stereocenters. The van der Waals surface area contributed by atoms with Crippen molar-refractivity contribution in [2.24, 2.45) is 0 Å². The van der Waals surface area contributed by atoms with Crippen LogP contribution in [0.1, 0.15) is 19.3 Å². The number of ether oxygens (including phenoxy) is 2. The van der Waals surface area contributed by atoms with Gasteiger partial charge in [0.25, 0.3) is 0 Å². The summed E-state index contributed by atoms with van der Waals surface area (Å²) in [5.74, 6) is -1.32. The molecule has 1 aliphatic heterocycles. The molecular weight excluding hydrogens is 292 g/mol. The number of benzene rings is 1. The number of β-amino-alcohol motifs (C(OH)–C–C–N with tert-alkyl or cyclic N) is 1. The van der Waals surface area contributed by atoms with E-state index in [0.29, 0.717) is 19.2 Å². The van der Waals surface area contributed by atoms with Crippen LogP contribution in [0.25, 0.3) is 0 Å². The summed E-state index contributed by atoms with van der Waals surface area (Å²) in [6.07, 6.45) is 3.51. The van der Waals surface area contributed by atoms with E-state index in [2.05, 4.69) is 4.90 Å². The number of nitrogens with zero attached hydrogens (tertiary/aromatic N) is 1. The van der Waals surface area contributed by atoms with Gasteiger partial charge in [-0.25, -0.2) is 8.78 Å². The molecule has 3 rings (SSSR count). The number of hydrogen-bond acceptors (Lipinski definition) is 4. The van der Waals surface area contributed by atoms with Crippen molar-refractivity contribution in [2.75, 3.05) is 32.9 Å². The third kappa shape index (κ3) is 3.74. The van der Waals surface area contributed by atoms with Gasteiger partial charge in [-0.3, -0.25) is 4.90 Å². The largest absolute Gasteiger partial charge is 0.490 e. The van der Waals surface area contributed by atoms with E-state index in [-0.39, 0.29) is 19.0 Å². The third-order valence-corrected chi connectivity index (χ3v) is 4.33. The van der Waals surface area contributed by atoms with E-state index in [1.54, 1.807) is 0 Å². The predicted octanol–water partition coefficient (Wildman–Crippen LogP) is 1.96. The Bertz CT molecular complexity index is 504. The molecule has 122 valence electrons. The van der Waals surface area contributed by atoms with E-state index in [1.165, 1.54) is 6.42 Å². The maximum absolute atomic E-state index is 13.2. The third-order valence-electron chi connectivity index (χ3n) is 4.33. The van der Waals surface area contributed by atoms with Crippen LogP contribution >= 0.6 is 0 Å². The van der Waals surface area contributed by atoms with Crippen molar-refractivity contribution in [3.05, 3.63) is 29.8 Å². The van der Waals surface area contributed by atoms with Gasteiger partial charge in [0, 0.05) is 37.3 Å². The Labute approximate surface area is 128 Å². The van der Waals surface area contributed by atoms with E-state index in [0.717, 1.165) is 37.6 Å². The van der Waals surface area contributed by atoms with Crippen LogP contribution in [-0.4, -0.2) is 54.6 Å². The Balaban J connectivity index is 1.63. The van der Waals surface area contributed by atoms with Gasteiger partial charge in [0.05, 0.1) is 13.2 Å². The maximum Gasteiger partial charge on any atom is 0.134 e. The smallest absolute Gasteiger partial charge is 0.134 e. The first-order valence-electron chi connectivity index (χ1n) is 7.67. The first-order chi connectivity index (χ1) is 10.5. The molecule has 1 N–H and O–H groups in total. The lowest BCUT2D eigenvalue weighted by Crippen LogP contribution is -2.52. The van der Waals surface area contributed by atoms with E-state index < -0.39 is 17.2 Å². The molecule has 1 aliphatic carbocycles. The fraction of sp³-hybridized carbons (Fsp3) is 0.625. The van der Waals surface area contributed by atoms with Gasteiger partial charge in [0.1, 0.15) is 29.6 Å². The summed E-state index contributed by atoms with van der Waals surface area (Å²) in [7, 11) is 0. The minimum absolute atomic E-state index is 0.0564. The Morgan fingerprint density at radius 3 is 2.64 bits per heavy atom. The van der Waals surface area contributed by atoms with Crippen LogP contribution < -0.4 is 4.74 Å². The van der Waals surface area contributed by atoms with Gasteiger partial charge in [0.15, 0.2) is 0 Å². The highest BCUT2D eigenvalue weighted by Gasteiger charge is 2.37. The van der Waals surface area contributed by atoms with Crippen LogP contribution in [-0.2, 0) is 4.74 Å². The molecule has 0 spiro atoms. The molecule has 4 nitrogen and oxygen atoms in total. The van der Waals surface area contributed by atoms with Gasteiger partial charge in [-0.1, -0.05) is 6.42 Å². The zero-order valence-electron chi connectivity index (χ0n) is 12.4. The number of hydrogen-bond donors (Lipinski definition) is 1. The molecule has 2 aliphatic rings. The lowest BCUT2D eigenvalue weighted by Gasteiger charge is -2.39. The molecule has 1 aromatic rings.